The van der Waals surface area contributed by atoms with Gasteiger partial charge in [-0.2, -0.15) is 5.10 Å². The van der Waals surface area contributed by atoms with E-state index >= 15 is 0 Å². The van der Waals surface area contributed by atoms with E-state index in [-0.39, 0.29) is 23.2 Å². The van der Waals surface area contributed by atoms with Crippen molar-refractivity contribution in [2.75, 3.05) is 19.7 Å². The molecule has 0 bridgehead atoms. The summed E-state index contributed by atoms with van der Waals surface area (Å²) in [4.78, 5) is 26.6. The standard InChI is InChI=1S/C20H23Cl2N3O3/c1-13-6-5-9-24(10-13)17(26)12-28-20(27)18-14(2)23-25(19(18)22)11-15-7-3-4-8-16(15)21/h3-4,7-8,13H,5-6,9-12H2,1-2H3. The number of benzene rings is 1. The summed E-state index contributed by atoms with van der Waals surface area (Å²) in [6.07, 6.45) is 2.09. The number of aromatic nitrogens is 2. The van der Waals surface area contributed by atoms with Crippen molar-refractivity contribution in [3.63, 3.8) is 0 Å². The van der Waals surface area contributed by atoms with E-state index < -0.39 is 5.97 Å². The number of likely N-dealkylation sites (tertiary alicyclic amines) is 1. The van der Waals surface area contributed by atoms with Crippen molar-refractivity contribution < 1.29 is 14.3 Å². The molecule has 1 aliphatic heterocycles. The number of esters is 1. The average Bonchev–Trinajstić information content (AvgIpc) is 2.94. The second-order valence-corrected chi connectivity index (χ2v) is 7.93. The van der Waals surface area contributed by atoms with Gasteiger partial charge in [0.25, 0.3) is 5.91 Å². The molecule has 0 radical (unpaired) electrons. The molecule has 1 saturated heterocycles. The Labute approximate surface area is 174 Å². The summed E-state index contributed by atoms with van der Waals surface area (Å²) >= 11 is 12.6. The zero-order valence-corrected chi connectivity index (χ0v) is 17.5. The first-order valence-electron chi connectivity index (χ1n) is 9.28. The van der Waals surface area contributed by atoms with Crippen LogP contribution >= 0.6 is 23.2 Å². The molecule has 1 unspecified atom stereocenters. The fraction of sp³-hybridized carbons (Fsp3) is 0.450. The van der Waals surface area contributed by atoms with Crippen LogP contribution in [-0.4, -0.2) is 46.3 Å². The quantitative estimate of drug-likeness (QED) is 0.682. The van der Waals surface area contributed by atoms with Crippen LogP contribution in [0.15, 0.2) is 24.3 Å². The summed E-state index contributed by atoms with van der Waals surface area (Å²) < 4.78 is 6.74. The highest BCUT2D eigenvalue weighted by atomic mass is 35.5. The Hall–Kier alpha value is -2.05. The summed E-state index contributed by atoms with van der Waals surface area (Å²) in [6, 6.07) is 7.35. The van der Waals surface area contributed by atoms with Crippen molar-refractivity contribution in [1.82, 2.24) is 14.7 Å². The summed E-state index contributed by atoms with van der Waals surface area (Å²) in [5, 5.41) is 5.09. The van der Waals surface area contributed by atoms with E-state index in [1.165, 1.54) is 4.68 Å². The predicted octanol–water partition coefficient (Wildman–Crippen LogP) is 3.96. The monoisotopic (exact) mass is 423 g/mol. The number of carbonyl (C=O) groups is 2. The van der Waals surface area contributed by atoms with E-state index in [1.807, 2.05) is 18.2 Å². The maximum absolute atomic E-state index is 12.5. The Morgan fingerprint density at radius 2 is 2.04 bits per heavy atom. The Morgan fingerprint density at radius 1 is 1.29 bits per heavy atom. The highest BCUT2D eigenvalue weighted by Gasteiger charge is 2.25. The molecule has 28 heavy (non-hydrogen) atoms. The topological polar surface area (TPSA) is 64.4 Å². The maximum Gasteiger partial charge on any atom is 0.343 e. The zero-order chi connectivity index (χ0) is 20.3. The van der Waals surface area contributed by atoms with Gasteiger partial charge < -0.3 is 9.64 Å². The lowest BCUT2D eigenvalue weighted by Crippen LogP contribution is -2.41. The summed E-state index contributed by atoms with van der Waals surface area (Å²) in [5.41, 5.74) is 1.46. The fourth-order valence-electron chi connectivity index (χ4n) is 3.38. The molecule has 2 aromatic rings. The van der Waals surface area contributed by atoms with Crippen molar-refractivity contribution in [1.29, 1.82) is 0 Å². The normalized spacial score (nSPS) is 16.9. The minimum atomic E-state index is -0.647. The molecule has 2 heterocycles. The van der Waals surface area contributed by atoms with Gasteiger partial charge in [0, 0.05) is 18.1 Å². The largest absolute Gasteiger partial charge is 0.452 e. The van der Waals surface area contributed by atoms with Crippen LogP contribution < -0.4 is 0 Å². The van der Waals surface area contributed by atoms with Crippen LogP contribution in [0.4, 0.5) is 0 Å². The minimum Gasteiger partial charge on any atom is -0.452 e. The molecule has 0 saturated carbocycles. The highest BCUT2D eigenvalue weighted by molar-refractivity contribution is 6.33. The van der Waals surface area contributed by atoms with E-state index in [0.717, 1.165) is 18.4 Å². The predicted molar refractivity (Wildman–Crippen MR) is 108 cm³/mol. The van der Waals surface area contributed by atoms with Crippen LogP contribution in [0.3, 0.4) is 0 Å². The second kappa shape index (κ2) is 8.97. The Morgan fingerprint density at radius 3 is 2.75 bits per heavy atom. The lowest BCUT2D eigenvalue weighted by atomic mass is 10.0. The maximum atomic E-state index is 12.5. The average molecular weight is 424 g/mol. The van der Waals surface area contributed by atoms with Gasteiger partial charge in [-0.05, 0) is 37.3 Å². The van der Waals surface area contributed by atoms with Crippen LogP contribution in [0.25, 0.3) is 0 Å². The smallest absolute Gasteiger partial charge is 0.343 e. The summed E-state index contributed by atoms with van der Waals surface area (Å²) in [7, 11) is 0. The molecule has 0 spiro atoms. The third-order valence-corrected chi connectivity index (χ3v) is 5.64. The SMILES string of the molecule is Cc1nn(Cc2ccccc2Cl)c(Cl)c1C(=O)OCC(=O)N1CCCC(C)C1. The van der Waals surface area contributed by atoms with Gasteiger partial charge >= 0.3 is 5.97 Å². The number of nitrogens with zero attached hydrogens (tertiary/aromatic N) is 3. The molecule has 3 rings (SSSR count). The first-order chi connectivity index (χ1) is 13.4. The van der Waals surface area contributed by atoms with Crippen molar-refractivity contribution in [2.24, 2.45) is 5.92 Å². The Bertz CT molecular complexity index is 882. The van der Waals surface area contributed by atoms with Gasteiger partial charge in [0.1, 0.15) is 10.7 Å². The Balaban J connectivity index is 1.66. The molecule has 0 aliphatic carbocycles. The molecule has 8 heteroatoms. The first kappa shape index (κ1) is 20.7. The summed E-state index contributed by atoms with van der Waals surface area (Å²) in [6.45, 7) is 5.23. The van der Waals surface area contributed by atoms with E-state index in [0.29, 0.717) is 36.3 Å². The number of ether oxygens (including phenoxy) is 1. The highest BCUT2D eigenvalue weighted by Crippen LogP contribution is 2.24. The van der Waals surface area contributed by atoms with Crippen LogP contribution in [0.2, 0.25) is 10.2 Å². The van der Waals surface area contributed by atoms with Crippen molar-refractivity contribution in [3.8, 4) is 0 Å². The van der Waals surface area contributed by atoms with E-state index in [1.54, 1.807) is 17.9 Å². The van der Waals surface area contributed by atoms with E-state index in [4.69, 9.17) is 27.9 Å². The number of carbonyl (C=O) groups excluding carboxylic acids is 2. The first-order valence-corrected chi connectivity index (χ1v) is 10.0. The zero-order valence-electron chi connectivity index (χ0n) is 16.0. The minimum absolute atomic E-state index is 0.168. The number of hydrogen-bond acceptors (Lipinski definition) is 4. The van der Waals surface area contributed by atoms with Gasteiger partial charge in [0.05, 0.1) is 12.2 Å². The molecule has 1 aliphatic rings. The van der Waals surface area contributed by atoms with E-state index in [9.17, 15) is 9.59 Å². The lowest BCUT2D eigenvalue weighted by Gasteiger charge is -2.30. The van der Waals surface area contributed by atoms with Crippen LogP contribution in [0.1, 0.15) is 41.4 Å². The van der Waals surface area contributed by atoms with Crippen LogP contribution in [-0.2, 0) is 16.1 Å². The van der Waals surface area contributed by atoms with Crippen molar-refractivity contribution in [2.45, 2.75) is 33.2 Å². The molecule has 150 valence electrons. The van der Waals surface area contributed by atoms with Gasteiger partial charge in [0.2, 0.25) is 0 Å². The second-order valence-electron chi connectivity index (χ2n) is 7.16. The van der Waals surface area contributed by atoms with Gasteiger partial charge in [-0.3, -0.25) is 4.79 Å². The van der Waals surface area contributed by atoms with Gasteiger partial charge in [-0.25, -0.2) is 9.48 Å². The molecule has 1 atom stereocenters. The molecule has 1 amide bonds. The number of halogens is 2. The van der Waals surface area contributed by atoms with Crippen LogP contribution in [0, 0.1) is 12.8 Å². The molecule has 1 aromatic carbocycles. The number of rotatable bonds is 5. The molecule has 1 fully saturated rings. The lowest BCUT2D eigenvalue weighted by molar-refractivity contribution is -0.136. The van der Waals surface area contributed by atoms with Crippen LogP contribution in [0.5, 0.6) is 0 Å². The van der Waals surface area contributed by atoms with Gasteiger partial charge in [-0.1, -0.05) is 48.3 Å². The molecule has 6 nitrogen and oxygen atoms in total. The Kier molecular flexibility index (Phi) is 6.62. The molecular weight excluding hydrogens is 401 g/mol. The number of amides is 1. The van der Waals surface area contributed by atoms with Crippen molar-refractivity contribution in [3.05, 3.63) is 51.3 Å². The number of aryl methyl sites for hydroxylation is 1. The molecule has 0 N–H and O–H groups in total. The molecular formula is C20H23Cl2N3O3. The third kappa shape index (κ3) is 4.67. The van der Waals surface area contributed by atoms with E-state index in [2.05, 4.69) is 12.0 Å². The molecule has 1 aromatic heterocycles. The fourth-order valence-corrected chi connectivity index (χ4v) is 3.89. The van der Waals surface area contributed by atoms with Crippen molar-refractivity contribution >= 4 is 35.1 Å². The van der Waals surface area contributed by atoms with Gasteiger partial charge in [-0.15, -0.1) is 0 Å². The third-order valence-electron chi connectivity index (χ3n) is 4.88. The number of hydrogen-bond donors (Lipinski definition) is 0. The number of piperidine rings is 1. The summed E-state index contributed by atoms with van der Waals surface area (Å²) in [5.74, 6) is -0.364. The van der Waals surface area contributed by atoms with Gasteiger partial charge in [0.15, 0.2) is 6.61 Å².